The van der Waals surface area contributed by atoms with Crippen LogP contribution in [0.25, 0.3) is 44.3 Å². The fourth-order valence-electron chi connectivity index (χ4n) is 7.06. The summed E-state index contributed by atoms with van der Waals surface area (Å²) in [5.74, 6) is -0.00535. The molecule has 8 rings (SSSR count). The molecule has 2 aliphatic heterocycles. The fraction of sp³-hybridized carbons (Fsp3) is 0.367. The molecule has 1 spiro atoms. The van der Waals surface area contributed by atoms with E-state index in [2.05, 4.69) is 39.4 Å². The molecule has 1 saturated carbocycles. The number of H-pyrrole nitrogens is 1. The van der Waals surface area contributed by atoms with E-state index in [0.717, 1.165) is 62.8 Å². The number of anilines is 1. The van der Waals surface area contributed by atoms with Gasteiger partial charge in [0.05, 0.1) is 59.9 Å². The Morgan fingerprint density at radius 1 is 1.12 bits per heavy atom. The molecule has 4 aromatic heterocycles. The predicted octanol–water partition coefficient (Wildman–Crippen LogP) is 3.55. The summed E-state index contributed by atoms with van der Waals surface area (Å²) in [7, 11) is 5.62. The number of nitrogens with zero attached hydrogens (tertiary/aromatic N) is 8. The fourth-order valence-corrected chi connectivity index (χ4v) is 8.84. The van der Waals surface area contributed by atoms with E-state index in [1.54, 1.807) is 22.8 Å². The smallest absolute Gasteiger partial charge is 0.239 e. The maximum absolute atomic E-state index is 14.2. The normalized spacial score (nSPS) is 22.0. The van der Waals surface area contributed by atoms with Crippen LogP contribution in [0, 0.1) is 11.3 Å². The van der Waals surface area contributed by atoms with Crippen molar-refractivity contribution >= 4 is 44.9 Å². The van der Waals surface area contributed by atoms with Gasteiger partial charge in [0.1, 0.15) is 5.65 Å². The minimum Gasteiger partial charge on any atom is -0.597 e. The first-order valence-corrected chi connectivity index (χ1v) is 15.2. The van der Waals surface area contributed by atoms with Crippen LogP contribution in [0.15, 0.2) is 43.0 Å². The Balaban J connectivity index is 1.36. The van der Waals surface area contributed by atoms with Crippen molar-refractivity contribution in [3.63, 3.8) is 0 Å². The number of amides is 1. The molecule has 1 aliphatic carbocycles. The van der Waals surface area contributed by atoms with Gasteiger partial charge in [-0.15, -0.1) is 4.31 Å². The summed E-state index contributed by atoms with van der Waals surface area (Å²) in [6.07, 6.45) is 9.81. The summed E-state index contributed by atoms with van der Waals surface area (Å²) >= 11 is -1.33. The molecule has 2 atom stereocenters. The first-order chi connectivity index (χ1) is 20.3. The summed E-state index contributed by atoms with van der Waals surface area (Å²) in [4.78, 5) is 24.3. The average molecular weight is 580 g/mol. The molecule has 3 aliphatic rings. The Labute approximate surface area is 245 Å². The zero-order chi connectivity index (χ0) is 29.0. The number of carbonyl (C=O) groups is 1. The Morgan fingerprint density at radius 3 is 2.69 bits per heavy atom. The average Bonchev–Trinajstić information content (AvgIpc) is 3.41. The maximum atomic E-state index is 14.2. The molecule has 5 aromatic rings. The highest BCUT2D eigenvalue weighted by molar-refractivity contribution is 7.90. The number of carbonyl (C=O) groups excluding carboxylic acids is 1. The van der Waals surface area contributed by atoms with E-state index in [9.17, 15) is 14.6 Å². The molecular formula is C30H29N9O2S. The number of aryl methyl sites for hydroxylation is 2. The van der Waals surface area contributed by atoms with Crippen LogP contribution in [0.5, 0.6) is 0 Å². The van der Waals surface area contributed by atoms with Crippen LogP contribution >= 0.6 is 0 Å². The van der Waals surface area contributed by atoms with Crippen molar-refractivity contribution in [2.45, 2.75) is 35.8 Å². The van der Waals surface area contributed by atoms with Crippen molar-refractivity contribution in [3.8, 4) is 28.5 Å². The maximum Gasteiger partial charge on any atom is 0.239 e. The summed E-state index contributed by atoms with van der Waals surface area (Å²) in [5, 5.41) is 20.2. The first kappa shape index (κ1) is 25.5. The van der Waals surface area contributed by atoms with Gasteiger partial charge in [0, 0.05) is 85.6 Å². The number of likely N-dealkylation sites (N-methyl/N-ethyl adjacent to an activating group) is 1. The molecule has 1 N–H and O–H groups in total. The van der Waals surface area contributed by atoms with E-state index in [4.69, 9.17) is 4.98 Å². The van der Waals surface area contributed by atoms with Gasteiger partial charge in [0.2, 0.25) is 5.91 Å². The van der Waals surface area contributed by atoms with Gasteiger partial charge in [-0.3, -0.25) is 14.2 Å². The number of aromatic amines is 1. The lowest BCUT2D eigenvalue weighted by Crippen LogP contribution is -2.44. The highest BCUT2D eigenvalue weighted by Gasteiger charge is 2.62. The second-order valence-electron chi connectivity index (χ2n) is 11.9. The second kappa shape index (κ2) is 8.67. The van der Waals surface area contributed by atoms with E-state index in [-0.39, 0.29) is 12.3 Å². The van der Waals surface area contributed by atoms with E-state index < -0.39 is 21.5 Å². The van der Waals surface area contributed by atoms with Gasteiger partial charge in [-0.1, -0.05) is 6.07 Å². The quantitative estimate of drug-likeness (QED) is 0.315. The van der Waals surface area contributed by atoms with Crippen molar-refractivity contribution in [1.82, 2.24) is 33.8 Å². The Bertz CT molecular complexity index is 1980. The van der Waals surface area contributed by atoms with Gasteiger partial charge in [-0.05, 0) is 24.1 Å². The van der Waals surface area contributed by atoms with Gasteiger partial charge < -0.3 is 14.4 Å². The molecule has 0 bridgehead atoms. The van der Waals surface area contributed by atoms with Crippen LogP contribution in [-0.4, -0.2) is 69.2 Å². The molecular weight excluding hydrogens is 550 g/mol. The number of nitrogens with one attached hydrogen (secondary N) is 1. The summed E-state index contributed by atoms with van der Waals surface area (Å²) in [6, 6.07) is 8.52. The number of fused-ring (bicyclic) bond motifs is 5. The van der Waals surface area contributed by atoms with Crippen molar-refractivity contribution in [1.29, 1.82) is 5.26 Å². The van der Waals surface area contributed by atoms with Crippen molar-refractivity contribution in [3.05, 3.63) is 48.5 Å². The zero-order valence-electron chi connectivity index (χ0n) is 23.6. The number of hydrogen-bond donors (Lipinski definition) is 1. The lowest BCUT2D eigenvalue weighted by atomic mass is 9.78. The van der Waals surface area contributed by atoms with Crippen LogP contribution in [0.1, 0.15) is 31.2 Å². The third-order valence-electron chi connectivity index (χ3n) is 9.43. The first-order valence-electron chi connectivity index (χ1n) is 14.0. The molecule has 11 nitrogen and oxygen atoms in total. The third-order valence-corrected chi connectivity index (χ3v) is 11.5. The van der Waals surface area contributed by atoms with Crippen molar-refractivity contribution in [2.75, 3.05) is 25.0 Å². The van der Waals surface area contributed by atoms with Gasteiger partial charge >= 0.3 is 0 Å². The van der Waals surface area contributed by atoms with Crippen molar-refractivity contribution < 1.29 is 9.35 Å². The number of benzene rings is 1. The Morgan fingerprint density at radius 2 is 1.95 bits per heavy atom. The topological polar surface area (TPSA) is 135 Å². The van der Waals surface area contributed by atoms with Crippen LogP contribution in [-0.2, 0) is 35.7 Å². The van der Waals surface area contributed by atoms with E-state index >= 15 is 0 Å². The number of pyridine rings is 1. The minimum atomic E-state index is -1.33. The van der Waals surface area contributed by atoms with Crippen LogP contribution in [0.2, 0.25) is 0 Å². The van der Waals surface area contributed by atoms with E-state index in [1.807, 2.05) is 41.7 Å². The van der Waals surface area contributed by atoms with Gasteiger partial charge in [-0.25, -0.2) is 4.98 Å². The van der Waals surface area contributed by atoms with Crippen LogP contribution in [0.4, 0.5) is 5.69 Å². The SMILES string of the molecule is CN1C(=O)C2(CCN([S+]([O-])C3(CC#N)CC3)C2)c2c1cnc1[nH]c(-c3cnn(C)c3)c(-c3ccc4c(cnn4C)c3)c21. The summed E-state index contributed by atoms with van der Waals surface area (Å²) < 4.78 is 18.8. The molecule has 42 heavy (non-hydrogen) atoms. The predicted molar refractivity (Wildman–Crippen MR) is 160 cm³/mol. The lowest BCUT2D eigenvalue weighted by Gasteiger charge is -2.28. The lowest BCUT2D eigenvalue weighted by molar-refractivity contribution is -0.122. The number of nitriles is 1. The molecule has 1 saturated heterocycles. The van der Waals surface area contributed by atoms with Crippen LogP contribution < -0.4 is 4.90 Å². The van der Waals surface area contributed by atoms with Gasteiger partial charge in [0.15, 0.2) is 4.75 Å². The Hall–Kier alpha value is -4.18. The molecule has 2 fully saturated rings. The standard InChI is InChI=1S/C30H29N9O2S/c1-36-16-20(14-33-36)26-23(18-4-5-21-19(12-18)13-34-38(21)3)24-25-22(15-32-27(24)35-26)37(2)28(40)30(25)9-11-39(17-30)42(41)29(6-7-29)8-10-31/h4-5,12-16H,6-9,11,17H2,1-3H3,(H,32,35). The monoisotopic (exact) mass is 579 g/mol. The van der Waals surface area contributed by atoms with Gasteiger partial charge in [0.25, 0.3) is 0 Å². The zero-order valence-corrected chi connectivity index (χ0v) is 24.4. The van der Waals surface area contributed by atoms with Gasteiger partial charge in [-0.2, -0.15) is 15.5 Å². The number of aromatic nitrogens is 6. The van der Waals surface area contributed by atoms with E-state index in [0.29, 0.717) is 25.2 Å². The number of hydrogen-bond acceptors (Lipinski definition) is 7. The highest BCUT2D eigenvalue weighted by Crippen LogP contribution is 2.55. The second-order valence-corrected chi connectivity index (χ2v) is 13.8. The third kappa shape index (κ3) is 3.35. The van der Waals surface area contributed by atoms with E-state index in [1.165, 1.54) is 0 Å². The largest absolute Gasteiger partial charge is 0.597 e. The molecule has 12 heteroatoms. The highest BCUT2D eigenvalue weighted by atomic mass is 32.2. The van der Waals surface area contributed by atoms with Crippen molar-refractivity contribution in [2.24, 2.45) is 14.1 Å². The number of rotatable bonds is 5. The molecule has 6 heterocycles. The summed E-state index contributed by atoms with van der Waals surface area (Å²) in [6.45, 7) is 0.871. The van der Waals surface area contributed by atoms with Crippen LogP contribution in [0.3, 0.4) is 0 Å². The molecule has 0 radical (unpaired) electrons. The molecule has 1 aromatic carbocycles. The minimum absolute atomic E-state index is 0.00535. The molecule has 1 amide bonds. The summed E-state index contributed by atoms with van der Waals surface area (Å²) in [5.41, 5.74) is 6.29. The molecule has 2 unspecified atom stereocenters. The molecule has 212 valence electrons. The Kier molecular flexibility index (Phi) is 5.27.